The van der Waals surface area contributed by atoms with Crippen molar-refractivity contribution < 1.29 is 4.74 Å². The van der Waals surface area contributed by atoms with Crippen molar-refractivity contribution >= 4 is 32.9 Å². The molecule has 5 heteroatoms. The lowest BCUT2D eigenvalue weighted by Gasteiger charge is -2.05. The van der Waals surface area contributed by atoms with Crippen molar-refractivity contribution in [2.75, 3.05) is 12.0 Å². The van der Waals surface area contributed by atoms with Crippen LogP contribution in [0.1, 0.15) is 5.56 Å². The van der Waals surface area contributed by atoms with Crippen LogP contribution in [0.2, 0.25) is 0 Å². The summed E-state index contributed by atoms with van der Waals surface area (Å²) < 4.78 is 6.72. The van der Waals surface area contributed by atoms with Crippen LogP contribution < -0.4 is 10.2 Å². The predicted molar refractivity (Wildman–Crippen MR) is 93.0 cm³/mol. The standard InChI is InChI=1S/C17H15N3OS/c1-2-11-21-15-9-5-3-7-13(15)12-18-20-17-19-14-8-4-6-10-16(14)22-17/h2-10,12H,1,11H2,(H,19,20). The third-order valence-corrected chi connectivity index (χ3v) is 3.87. The normalized spacial score (nSPS) is 10.9. The van der Waals surface area contributed by atoms with Crippen molar-refractivity contribution in [1.82, 2.24) is 4.98 Å². The summed E-state index contributed by atoms with van der Waals surface area (Å²) in [4.78, 5) is 4.47. The molecule has 2 aromatic carbocycles. The molecular formula is C17H15N3OS. The van der Waals surface area contributed by atoms with Crippen molar-refractivity contribution in [2.45, 2.75) is 0 Å². The smallest absolute Gasteiger partial charge is 0.204 e. The molecule has 0 spiro atoms. The van der Waals surface area contributed by atoms with Crippen LogP contribution >= 0.6 is 11.3 Å². The van der Waals surface area contributed by atoms with Gasteiger partial charge in [-0.05, 0) is 24.3 Å². The van der Waals surface area contributed by atoms with E-state index in [1.54, 1.807) is 23.6 Å². The quantitative estimate of drug-likeness (QED) is 0.419. The zero-order chi connectivity index (χ0) is 15.2. The van der Waals surface area contributed by atoms with Crippen LogP contribution in [-0.4, -0.2) is 17.8 Å². The van der Waals surface area contributed by atoms with Gasteiger partial charge < -0.3 is 4.74 Å². The van der Waals surface area contributed by atoms with E-state index in [9.17, 15) is 0 Å². The highest BCUT2D eigenvalue weighted by Gasteiger charge is 2.02. The Morgan fingerprint density at radius 2 is 2.00 bits per heavy atom. The number of para-hydroxylation sites is 2. The Balaban J connectivity index is 1.72. The molecule has 0 unspecified atom stereocenters. The van der Waals surface area contributed by atoms with E-state index in [-0.39, 0.29) is 0 Å². The molecule has 0 aliphatic heterocycles. The van der Waals surface area contributed by atoms with Gasteiger partial charge in [-0.1, -0.05) is 48.3 Å². The lowest BCUT2D eigenvalue weighted by molar-refractivity contribution is 0.363. The molecule has 0 saturated heterocycles. The van der Waals surface area contributed by atoms with Crippen LogP contribution in [0.4, 0.5) is 5.13 Å². The van der Waals surface area contributed by atoms with Crippen molar-refractivity contribution in [3.05, 3.63) is 66.7 Å². The second kappa shape index (κ2) is 6.87. The van der Waals surface area contributed by atoms with E-state index in [0.29, 0.717) is 6.61 Å². The molecule has 22 heavy (non-hydrogen) atoms. The molecule has 0 amide bonds. The summed E-state index contributed by atoms with van der Waals surface area (Å²) in [6, 6.07) is 15.7. The third kappa shape index (κ3) is 3.32. The zero-order valence-corrected chi connectivity index (χ0v) is 12.7. The number of fused-ring (bicyclic) bond motifs is 1. The van der Waals surface area contributed by atoms with Gasteiger partial charge in [0, 0.05) is 5.56 Å². The van der Waals surface area contributed by atoms with E-state index >= 15 is 0 Å². The van der Waals surface area contributed by atoms with E-state index in [1.807, 2.05) is 48.5 Å². The highest BCUT2D eigenvalue weighted by atomic mass is 32.1. The molecule has 0 saturated carbocycles. The first kappa shape index (κ1) is 14.3. The van der Waals surface area contributed by atoms with E-state index in [4.69, 9.17) is 4.74 Å². The lowest BCUT2D eigenvalue weighted by atomic mass is 10.2. The number of nitrogens with zero attached hydrogens (tertiary/aromatic N) is 2. The number of benzene rings is 2. The van der Waals surface area contributed by atoms with Gasteiger partial charge in [-0.15, -0.1) is 0 Å². The SMILES string of the molecule is C=CCOc1ccccc1C=NNc1nc2ccccc2s1. The van der Waals surface area contributed by atoms with Gasteiger partial charge in [0.2, 0.25) is 5.13 Å². The predicted octanol–water partition coefficient (Wildman–Crippen LogP) is 4.31. The van der Waals surface area contributed by atoms with Crippen LogP contribution in [0.25, 0.3) is 10.2 Å². The molecule has 0 radical (unpaired) electrons. The Morgan fingerprint density at radius 3 is 2.86 bits per heavy atom. The third-order valence-electron chi connectivity index (χ3n) is 2.93. The molecule has 0 fully saturated rings. The topological polar surface area (TPSA) is 46.5 Å². The van der Waals surface area contributed by atoms with Gasteiger partial charge in [0.15, 0.2) is 0 Å². The fourth-order valence-corrected chi connectivity index (χ4v) is 2.76. The average molecular weight is 309 g/mol. The summed E-state index contributed by atoms with van der Waals surface area (Å²) >= 11 is 1.57. The summed E-state index contributed by atoms with van der Waals surface area (Å²) in [6.45, 7) is 4.12. The minimum atomic E-state index is 0.468. The number of aromatic nitrogens is 1. The highest BCUT2D eigenvalue weighted by Crippen LogP contribution is 2.25. The van der Waals surface area contributed by atoms with Crippen LogP contribution in [-0.2, 0) is 0 Å². The molecule has 3 aromatic rings. The molecule has 4 nitrogen and oxygen atoms in total. The summed E-state index contributed by atoms with van der Waals surface area (Å²) in [5.41, 5.74) is 4.84. The molecule has 0 bridgehead atoms. The summed E-state index contributed by atoms with van der Waals surface area (Å²) in [5, 5.41) is 5.01. The Hall–Kier alpha value is -2.66. The van der Waals surface area contributed by atoms with E-state index in [0.717, 1.165) is 26.7 Å². The molecule has 1 N–H and O–H groups in total. The van der Waals surface area contributed by atoms with E-state index in [2.05, 4.69) is 22.1 Å². The molecule has 0 aliphatic rings. The number of rotatable bonds is 6. The summed E-state index contributed by atoms with van der Waals surface area (Å²) in [7, 11) is 0. The maximum Gasteiger partial charge on any atom is 0.204 e. The molecule has 0 atom stereocenters. The minimum absolute atomic E-state index is 0.468. The number of hydrogen-bond donors (Lipinski definition) is 1. The Labute approximate surface area is 132 Å². The average Bonchev–Trinajstić information content (AvgIpc) is 2.96. The van der Waals surface area contributed by atoms with Gasteiger partial charge in [-0.25, -0.2) is 4.98 Å². The second-order valence-corrected chi connectivity index (χ2v) is 5.52. The lowest BCUT2D eigenvalue weighted by Crippen LogP contribution is -1.97. The molecule has 110 valence electrons. The molecule has 1 heterocycles. The largest absolute Gasteiger partial charge is 0.489 e. The van der Waals surface area contributed by atoms with Gasteiger partial charge in [-0.3, -0.25) is 5.43 Å². The highest BCUT2D eigenvalue weighted by molar-refractivity contribution is 7.22. The van der Waals surface area contributed by atoms with Gasteiger partial charge in [0.05, 0.1) is 16.4 Å². The number of hydrazone groups is 1. The monoisotopic (exact) mass is 309 g/mol. The zero-order valence-electron chi connectivity index (χ0n) is 11.9. The number of nitrogens with one attached hydrogen (secondary N) is 1. The Morgan fingerprint density at radius 1 is 1.18 bits per heavy atom. The second-order valence-electron chi connectivity index (χ2n) is 4.49. The number of ether oxygens (including phenoxy) is 1. The Bertz CT molecular complexity index is 777. The summed E-state index contributed by atoms with van der Waals surface area (Å²) in [5.74, 6) is 0.775. The van der Waals surface area contributed by atoms with E-state index < -0.39 is 0 Å². The van der Waals surface area contributed by atoms with Crippen molar-refractivity contribution in [1.29, 1.82) is 0 Å². The van der Waals surface area contributed by atoms with Gasteiger partial charge in [-0.2, -0.15) is 5.10 Å². The molecule has 1 aromatic heterocycles. The maximum absolute atomic E-state index is 5.59. The van der Waals surface area contributed by atoms with Crippen LogP contribution in [0.15, 0.2) is 66.3 Å². The first-order valence-electron chi connectivity index (χ1n) is 6.84. The molecular weight excluding hydrogens is 294 g/mol. The van der Waals surface area contributed by atoms with Crippen molar-refractivity contribution in [3.8, 4) is 5.75 Å². The Kier molecular flexibility index (Phi) is 4.46. The van der Waals surface area contributed by atoms with Crippen LogP contribution in [0.3, 0.4) is 0 Å². The minimum Gasteiger partial charge on any atom is -0.489 e. The number of anilines is 1. The van der Waals surface area contributed by atoms with Crippen LogP contribution in [0.5, 0.6) is 5.75 Å². The van der Waals surface area contributed by atoms with Gasteiger partial charge in [0.25, 0.3) is 0 Å². The van der Waals surface area contributed by atoms with Crippen molar-refractivity contribution in [2.24, 2.45) is 5.10 Å². The van der Waals surface area contributed by atoms with Crippen LogP contribution in [0, 0.1) is 0 Å². The molecule has 3 rings (SSSR count). The first-order chi connectivity index (χ1) is 10.9. The fourth-order valence-electron chi connectivity index (χ4n) is 1.94. The first-order valence-corrected chi connectivity index (χ1v) is 7.66. The maximum atomic E-state index is 5.59. The van der Waals surface area contributed by atoms with Gasteiger partial charge >= 0.3 is 0 Å². The molecule has 0 aliphatic carbocycles. The number of hydrogen-bond acceptors (Lipinski definition) is 5. The van der Waals surface area contributed by atoms with Gasteiger partial charge in [0.1, 0.15) is 12.4 Å². The fraction of sp³-hybridized carbons (Fsp3) is 0.0588. The summed E-state index contributed by atoms with van der Waals surface area (Å²) in [6.07, 6.45) is 3.44. The van der Waals surface area contributed by atoms with E-state index in [1.165, 1.54) is 0 Å². The van der Waals surface area contributed by atoms with Crippen molar-refractivity contribution in [3.63, 3.8) is 0 Å². The number of thiazole rings is 1.